The van der Waals surface area contributed by atoms with Gasteiger partial charge in [-0.05, 0) is 57.3 Å². The van der Waals surface area contributed by atoms with Gasteiger partial charge in [0.2, 0.25) is 0 Å². The monoisotopic (exact) mass is 394 g/mol. The molecule has 0 saturated heterocycles. The summed E-state index contributed by atoms with van der Waals surface area (Å²) in [5.74, 6) is 1.89. The van der Waals surface area contributed by atoms with Crippen LogP contribution in [0.5, 0.6) is 11.5 Å². The summed E-state index contributed by atoms with van der Waals surface area (Å²) in [5.41, 5.74) is 8.57. The zero-order valence-electron chi connectivity index (χ0n) is 17.2. The first kappa shape index (κ1) is 17.0. The minimum absolute atomic E-state index is 0.381. The average Bonchev–Trinajstić information content (AvgIpc) is 3.08. The number of ether oxygens (including phenoxy) is 1. The molecule has 0 fully saturated rings. The Morgan fingerprint density at radius 3 is 2.06 bits per heavy atom. The standard InChI is InChI=1S/C29H19BO/c30-20-13-14-25-28(17-20)31-27-12-6-5-11-24(27)29(25)23-10-4-3-9-21(23)22-15-18-7-1-2-8-19(18)16-26(22)29/h1-17H,30H2. The molecule has 1 atom stereocenters. The molecule has 0 saturated carbocycles. The van der Waals surface area contributed by atoms with Gasteiger partial charge in [-0.3, -0.25) is 0 Å². The van der Waals surface area contributed by atoms with Gasteiger partial charge < -0.3 is 4.74 Å². The van der Waals surface area contributed by atoms with Crippen molar-refractivity contribution in [1.82, 2.24) is 0 Å². The third-order valence-electron chi connectivity index (χ3n) is 6.96. The van der Waals surface area contributed by atoms with Crippen molar-refractivity contribution in [3.63, 3.8) is 0 Å². The maximum Gasteiger partial charge on any atom is 0.139 e. The summed E-state index contributed by atoms with van der Waals surface area (Å²) < 4.78 is 6.46. The van der Waals surface area contributed by atoms with Crippen molar-refractivity contribution in [2.75, 3.05) is 0 Å². The molecule has 1 heterocycles. The van der Waals surface area contributed by atoms with E-state index in [1.165, 1.54) is 49.6 Å². The highest BCUT2D eigenvalue weighted by atomic mass is 16.5. The van der Waals surface area contributed by atoms with Crippen LogP contribution >= 0.6 is 0 Å². The Balaban J connectivity index is 1.72. The Labute approximate surface area is 182 Å². The predicted octanol–water partition coefficient (Wildman–Crippen LogP) is 5.57. The number of rotatable bonds is 0. The molecule has 5 aromatic carbocycles. The summed E-state index contributed by atoms with van der Waals surface area (Å²) in [4.78, 5) is 0. The number of hydrogen-bond acceptors (Lipinski definition) is 1. The molecular weight excluding hydrogens is 375 g/mol. The van der Waals surface area contributed by atoms with Crippen LogP contribution in [0.15, 0.2) is 103 Å². The molecule has 0 amide bonds. The Morgan fingerprint density at radius 2 is 1.19 bits per heavy atom. The number of benzene rings is 5. The second-order valence-electron chi connectivity index (χ2n) is 8.64. The van der Waals surface area contributed by atoms with E-state index < -0.39 is 0 Å². The van der Waals surface area contributed by atoms with E-state index in [4.69, 9.17) is 4.74 Å². The van der Waals surface area contributed by atoms with Crippen molar-refractivity contribution in [3.8, 4) is 22.6 Å². The summed E-state index contributed by atoms with van der Waals surface area (Å²) in [6.07, 6.45) is 0. The van der Waals surface area contributed by atoms with E-state index in [1.807, 2.05) is 0 Å². The summed E-state index contributed by atoms with van der Waals surface area (Å²) in [6.45, 7) is 0. The lowest BCUT2D eigenvalue weighted by Gasteiger charge is -2.39. The van der Waals surface area contributed by atoms with Crippen molar-refractivity contribution in [1.29, 1.82) is 0 Å². The molecule has 2 heteroatoms. The predicted molar refractivity (Wildman–Crippen MR) is 130 cm³/mol. The number of para-hydroxylation sites is 1. The molecular formula is C29H19BO. The topological polar surface area (TPSA) is 9.23 Å². The lowest BCUT2D eigenvalue weighted by molar-refractivity contribution is 0.437. The van der Waals surface area contributed by atoms with Crippen LogP contribution in [-0.2, 0) is 5.41 Å². The first-order valence-corrected chi connectivity index (χ1v) is 10.8. The number of hydrogen-bond donors (Lipinski definition) is 0. The van der Waals surface area contributed by atoms with Gasteiger partial charge in [-0.15, -0.1) is 0 Å². The minimum Gasteiger partial charge on any atom is -0.457 e. The van der Waals surface area contributed by atoms with E-state index in [0.29, 0.717) is 0 Å². The Kier molecular flexibility index (Phi) is 3.22. The van der Waals surface area contributed by atoms with Crippen molar-refractivity contribution < 1.29 is 4.74 Å². The summed E-state index contributed by atoms with van der Waals surface area (Å²) in [5, 5.41) is 2.55. The molecule has 0 bridgehead atoms. The summed E-state index contributed by atoms with van der Waals surface area (Å²) in [7, 11) is 2.13. The smallest absolute Gasteiger partial charge is 0.139 e. The third-order valence-corrected chi connectivity index (χ3v) is 6.96. The van der Waals surface area contributed by atoms with Gasteiger partial charge in [-0.2, -0.15) is 0 Å². The molecule has 1 nitrogen and oxygen atoms in total. The van der Waals surface area contributed by atoms with Gasteiger partial charge in [0.05, 0.1) is 5.41 Å². The van der Waals surface area contributed by atoms with Gasteiger partial charge in [0.1, 0.15) is 19.3 Å². The van der Waals surface area contributed by atoms with Crippen molar-refractivity contribution in [3.05, 3.63) is 125 Å². The molecule has 7 rings (SSSR count). The van der Waals surface area contributed by atoms with Crippen LogP contribution in [0.25, 0.3) is 21.9 Å². The van der Waals surface area contributed by atoms with Crippen LogP contribution in [0, 0.1) is 0 Å². The SMILES string of the molecule is Bc1ccc2c(c1)Oc1ccccc1C21c2ccccc2-c2cc3ccccc3cc21. The van der Waals surface area contributed by atoms with Gasteiger partial charge in [-0.25, -0.2) is 0 Å². The molecule has 1 aliphatic heterocycles. The molecule has 0 radical (unpaired) electrons. The third kappa shape index (κ3) is 2.07. The van der Waals surface area contributed by atoms with E-state index in [2.05, 4.69) is 111 Å². The molecule has 0 N–H and O–H groups in total. The van der Waals surface area contributed by atoms with E-state index in [-0.39, 0.29) is 5.41 Å². The minimum atomic E-state index is -0.381. The fourth-order valence-corrected chi connectivity index (χ4v) is 5.70. The summed E-state index contributed by atoms with van der Waals surface area (Å²) >= 11 is 0. The Morgan fingerprint density at radius 1 is 0.516 bits per heavy atom. The molecule has 1 aliphatic carbocycles. The maximum absolute atomic E-state index is 6.46. The van der Waals surface area contributed by atoms with Gasteiger partial charge >= 0.3 is 0 Å². The highest BCUT2D eigenvalue weighted by Crippen LogP contribution is 2.62. The zero-order chi connectivity index (χ0) is 20.6. The molecule has 0 aromatic heterocycles. The molecule has 1 spiro atoms. The van der Waals surface area contributed by atoms with Crippen LogP contribution in [0.2, 0.25) is 0 Å². The Bertz CT molecular complexity index is 1530. The van der Waals surface area contributed by atoms with Gasteiger partial charge in [0, 0.05) is 11.1 Å². The highest BCUT2D eigenvalue weighted by Gasteiger charge is 2.51. The molecule has 2 aliphatic rings. The van der Waals surface area contributed by atoms with Crippen LogP contribution < -0.4 is 10.2 Å². The van der Waals surface area contributed by atoms with Crippen molar-refractivity contribution >= 4 is 24.1 Å². The van der Waals surface area contributed by atoms with E-state index >= 15 is 0 Å². The Hall–Kier alpha value is -3.78. The highest BCUT2D eigenvalue weighted by molar-refractivity contribution is 6.32. The van der Waals surface area contributed by atoms with E-state index in [9.17, 15) is 0 Å². The second kappa shape index (κ2) is 5.89. The molecule has 1 unspecified atom stereocenters. The number of fused-ring (bicyclic) bond motifs is 10. The van der Waals surface area contributed by atoms with Crippen LogP contribution in [0.1, 0.15) is 22.3 Å². The van der Waals surface area contributed by atoms with Crippen LogP contribution in [0.3, 0.4) is 0 Å². The van der Waals surface area contributed by atoms with Gasteiger partial charge in [0.25, 0.3) is 0 Å². The van der Waals surface area contributed by atoms with Gasteiger partial charge in [-0.1, -0.05) is 84.3 Å². The lowest BCUT2D eigenvalue weighted by atomic mass is 9.65. The van der Waals surface area contributed by atoms with Gasteiger partial charge in [0.15, 0.2) is 0 Å². The van der Waals surface area contributed by atoms with Crippen molar-refractivity contribution in [2.45, 2.75) is 5.41 Å². The first-order valence-electron chi connectivity index (χ1n) is 10.8. The first-order chi connectivity index (χ1) is 15.3. The van der Waals surface area contributed by atoms with Crippen LogP contribution in [0.4, 0.5) is 0 Å². The summed E-state index contributed by atoms with van der Waals surface area (Å²) in [6, 6.07) is 37.5. The fourth-order valence-electron chi connectivity index (χ4n) is 5.70. The average molecular weight is 394 g/mol. The van der Waals surface area contributed by atoms with E-state index in [0.717, 1.165) is 11.5 Å². The largest absolute Gasteiger partial charge is 0.457 e. The zero-order valence-corrected chi connectivity index (χ0v) is 17.2. The molecule has 31 heavy (non-hydrogen) atoms. The quantitative estimate of drug-likeness (QED) is 0.306. The lowest BCUT2D eigenvalue weighted by Crippen LogP contribution is -2.32. The van der Waals surface area contributed by atoms with Crippen molar-refractivity contribution in [2.24, 2.45) is 0 Å². The molecule has 144 valence electrons. The maximum atomic E-state index is 6.46. The van der Waals surface area contributed by atoms with Crippen LogP contribution in [-0.4, -0.2) is 7.85 Å². The van der Waals surface area contributed by atoms with E-state index in [1.54, 1.807) is 0 Å². The normalized spacial score (nSPS) is 17.5. The second-order valence-corrected chi connectivity index (χ2v) is 8.64. The fraction of sp³-hybridized carbons (Fsp3) is 0.0345. The molecule has 5 aromatic rings.